The van der Waals surface area contributed by atoms with E-state index in [1.54, 1.807) is 6.07 Å². The van der Waals surface area contributed by atoms with E-state index >= 15 is 0 Å². The highest BCUT2D eigenvalue weighted by atomic mass is 16.5. The molecule has 0 aliphatic carbocycles. The van der Waals surface area contributed by atoms with E-state index in [0.29, 0.717) is 18.7 Å². The largest absolute Gasteiger partial charge is 0.397 e. The van der Waals surface area contributed by atoms with Crippen LogP contribution >= 0.6 is 0 Å². The molecule has 1 aromatic heterocycles. The van der Waals surface area contributed by atoms with E-state index in [2.05, 4.69) is 15.8 Å². The van der Waals surface area contributed by atoms with E-state index in [1.807, 2.05) is 12.1 Å². The molecule has 0 spiro atoms. The van der Waals surface area contributed by atoms with Crippen LogP contribution in [0.3, 0.4) is 0 Å². The van der Waals surface area contributed by atoms with Gasteiger partial charge in [-0.05, 0) is 17.7 Å². The van der Waals surface area contributed by atoms with Crippen LogP contribution in [0.25, 0.3) is 0 Å². The molecule has 2 aromatic rings. The second-order valence-electron chi connectivity index (χ2n) is 4.17. The summed E-state index contributed by atoms with van der Waals surface area (Å²) < 4.78 is 4.74. The lowest BCUT2D eigenvalue weighted by Gasteiger charge is -2.10. The molecule has 18 heavy (non-hydrogen) atoms. The Kier molecular flexibility index (Phi) is 2.40. The van der Waals surface area contributed by atoms with Crippen LogP contribution in [0, 0.1) is 0 Å². The van der Waals surface area contributed by atoms with Crippen LogP contribution in [-0.4, -0.2) is 11.1 Å². The number of nitrogen functional groups attached to an aromatic ring is 1. The third-order valence-electron chi connectivity index (χ3n) is 2.85. The molecule has 0 unspecified atom stereocenters. The Balaban J connectivity index is 1.80. The molecule has 4 N–H and O–H groups in total. The first-order valence-corrected chi connectivity index (χ1v) is 5.58. The second kappa shape index (κ2) is 4.06. The van der Waals surface area contributed by atoms with Gasteiger partial charge < -0.3 is 20.9 Å². The average Bonchev–Trinajstić information content (AvgIpc) is 2.94. The number of nitrogens with zero attached hydrogens (tertiary/aromatic N) is 1. The average molecular weight is 244 g/mol. The van der Waals surface area contributed by atoms with Gasteiger partial charge in [0.25, 0.3) is 0 Å². The maximum Gasteiger partial charge on any atom is 0.228 e. The Morgan fingerprint density at radius 1 is 1.50 bits per heavy atom. The quantitative estimate of drug-likeness (QED) is 0.709. The van der Waals surface area contributed by atoms with Crippen molar-refractivity contribution >= 4 is 23.0 Å². The number of hydrogen-bond donors (Lipinski definition) is 3. The summed E-state index contributed by atoms with van der Waals surface area (Å²) in [5.41, 5.74) is 9.87. The maximum atomic E-state index is 11.3. The number of nitrogens with one attached hydrogen (secondary N) is 2. The molecule has 3 rings (SSSR count). The predicted octanol–water partition coefficient (Wildman–Crippen LogP) is 1.36. The first-order chi connectivity index (χ1) is 8.72. The molecule has 0 saturated heterocycles. The summed E-state index contributed by atoms with van der Waals surface area (Å²) in [6.07, 6.45) is 1.91. The molecule has 0 bridgehead atoms. The lowest BCUT2D eigenvalue weighted by atomic mass is 10.1. The van der Waals surface area contributed by atoms with E-state index in [9.17, 15) is 4.79 Å². The maximum absolute atomic E-state index is 11.3. The van der Waals surface area contributed by atoms with E-state index in [0.717, 1.165) is 22.6 Å². The van der Waals surface area contributed by atoms with Crippen molar-refractivity contribution in [2.24, 2.45) is 0 Å². The summed E-state index contributed by atoms with van der Waals surface area (Å²) >= 11 is 0. The van der Waals surface area contributed by atoms with Crippen LogP contribution in [0.2, 0.25) is 0 Å². The van der Waals surface area contributed by atoms with Gasteiger partial charge in [0.15, 0.2) is 0 Å². The van der Waals surface area contributed by atoms with Gasteiger partial charge in [-0.15, -0.1) is 0 Å². The van der Waals surface area contributed by atoms with Crippen LogP contribution in [0.4, 0.5) is 17.1 Å². The number of carbonyl (C=O) groups is 1. The normalized spacial score (nSPS) is 13.2. The molecule has 0 fully saturated rings. The Bertz CT molecular complexity index is 592. The lowest BCUT2D eigenvalue weighted by Crippen LogP contribution is -2.04. The Morgan fingerprint density at radius 3 is 3.17 bits per heavy atom. The molecule has 1 aliphatic rings. The summed E-state index contributed by atoms with van der Waals surface area (Å²) in [5.74, 6) is -0.00180. The van der Waals surface area contributed by atoms with Crippen molar-refractivity contribution in [2.45, 2.75) is 13.0 Å². The number of nitrogens with two attached hydrogens (primary N) is 1. The van der Waals surface area contributed by atoms with Gasteiger partial charge >= 0.3 is 0 Å². The zero-order valence-electron chi connectivity index (χ0n) is 9.56. The number of aromatic nitrogens is 1. The second-order valence-corrected chi connectivity index (χ2v) is 4.17. The fraction of sp³-hybridized carbons (Fsp3) is 0.167. The monoisotopic (exact) mass is 244 g/mol. The van der Waals surface area contributed by atoms with Crippen molar-refractivity contribution in [1.82, 2.24) is 5.16 Å². The third kappa shape index (κ3) is 1.88. The zero-order valence-corrected chi connectivity index (χ0v) is 9.56. The predicted molar refractivity (Wildman–Crippen MR) is 67.0 cm³/mol. The smallest absolute Gasteiger partial charge is 0.228 e. The van der Waals surface area contributed by atoms with Gasteiger partial charge in [-0.1, -0.05) is 5.16 Å². The van der Waals surface area contributed by atoms with E-state index in [1.165, 1.54) is 6.26 Å². The topological polar surface area (TPSA) is 93.2 Å². The molecule has 1 aromatic carbocycles. The number of hydrogen-bond acceptors (Lipinski definition) is 5. The molecular weight excluding hydrogens is 232 g/mol. The number of carbonyl (C=O) groups excluding carboxylic acids is 1. The van der Waals surface area contributed by atoms with E-state index in [4.69, 9.17) is 10.3 Å². The molecule has 0 saturated carbocycles. The molecule has 0 radical (unpaired) electrons. The van der Waals surface area contributed by atoms with Gasteiger partial charge in [0.2, 0.25) is 5.91 Å². The number of anilines is 3. The van der Waals surface area contributed by atoms with Crippen LogP contribution in [-0.2, 0) is 17.8 Å². The first kappa shape index (κ1) is 10.6. The van der Waals surface area contributed by atoms with Gasteiger partial charge in [0.05, 0.1) is 24.3 Å². The van der Waals surface area contributed by atoms with Crippen LogP contribution in [0.1, 0.15) is 11.3 Å². The number of benzene rings is 1. The minimum absolute atomic E-state index is 0.00180. The highest BCUT2D eigenvalue weighted by Crippen LogP contribution is 2.31. The lowest BCUT2D eigenvalue weighted by molar-refractivity contribution is -0.115. The molecule has 1 amide bonds. The van der Waals surface area contributed by atoms with E-state index < -0.39 is 0 Å². The number of fused-ring (bicyclic) bond motifs is 1. The molecular formula is C12H12N4O2. The third-order valence-corrected chi connectivity index (χ3v) is 2.85. The van der Waals surface area contributed by atoms with Crippen molar-refractivity contribution in [3.05, 3.63) is 35.7 Å². The molecule has 2 heterocycles. The first-order valence-electron chi connectivity index (χ1n) is 5.58. The van der Waals surface area contributed by atoms with Crippen molar-refractivity contribution < 1.29 is 9.32 Å². The Hall–Kier alpha value is -2.50. The molecule has 92 valence electrons. The summed E-state index contributed by atoms with van der Waals surface area (Å²) in [6.45, 7) is 0.521. The molecule has 0 atom stereocenters. The molecule has 6 heteroatoms. The minimum Gasteiger partial charge on any atom is -0.397 e. The van der Waals surface area contributed by atoms with E-state index in [-0.39, 0.29) is 5.91 Å². The summed E-state index contributed by atoms with van der Waals surface area (Å²) in [4.78, 5) is 11.3. The number of rotatable bonds is 3. The standard InChI is InChI=1S/C12H12N4O2/c13-9-3-7-4-12(17)15-10(7)5-11(9)14-6-8-1-2-18-16-8/h1-3,5,14H,4,6,13H2,(H,15,17). The fourth-order valence-electron chi connectivity index (χ4n) is 1.96. The Labute approximate surface area is 103 Å². The molecule has 6 nitrogen and oxygen atoms in total. The van der Waals surface area contributed by atoms with Crippen molar-refractivity contribution in [3.63, 3.8) is 0 Å². The molecule has 1 aliphatic heterocycles. The fourth-order valence-corrected chi connectivity index (χ4v) is 1.96. The van der Waals surface area contributed by atoms with Crippen LogP contribution < -0.4 is 16.4 Å². The Morgan fingerprint density at radius 2 is 2.39 bits per heavy atom. The zero-order chi connectivity index (χ0) is 12.5. The SMILES string of the molecule is Nc1cc2c(cc1NCc1ccon1)NC(=O)C2. The van der Waals surface area contributed by atoms with Crippen LogP contribution in [0.5, 0.6) is 0 Å². The minimum atomic E-state index is -0.00180. The summed E-state index contributed by atoms with van der Waals surface area (Å²) in [5, 5.41) is 9.75. The van der Waals surface area contributed by atoms with Gasteiger partial charge in [-0.2, -0.15) is 0 Å². The van der Waals surface area contributed by atoms with Gasteiger partial charge in [0, 0.05) is 11.8 Å². The van der Waals surface area contributed by atoms with Gasteiger partial charge in [-0.3, -0.25) is 4.79 Å². The summed E-state index contributed by atoms with van der Waals surface area (Å²) in [7, 11) is 0. The van der Waals surface area contributed by atoms with Gasteiger partial charge in [0.1, 0.15) is 12.0 Å². The highest BCUT2D eigenvalue weighted by Gasteiger charge is 2.19. The van der Waals surface area contributed by atoms with Crippen LogP contribution in [0.15, 0.2) is 29.0 Å². The van der Waals surface area contributed by atoms with Crippen molar-refractivity contribution in [1.29, 1.82) is 0 Å². The summed E-state index contributed by atoms with van der Waals surface area (Å²) in [6, 6.07) is 5.44. The number of amides is 1. The highest BCUT2D eigenvalue weighted by molar-refractivity contribution is 6.00. The van der Waals surface area contributed by atoms with Crippen molar-refractivity contribution in [2.75, 3.05) is 16.4 Å². The van der Waals surface area contributed by atoms with Gasteiger partial charge in [-0.25, -0.2) is 0 Å². The van der Waals surface area contributed by atoms with Crippen molar-refractivity contribution in [3.8, 4) is 0 Å².